The van der Waals surface area contributed by atoms with Gasteiger partial charge >= 0.3 is 0 Å². The lowest BCUT2D eigenvalue weighted by molar-refractivity contribution is 0.111. The monoisotopic (exact) mass is 237 g/mol. The molecular weight excluding hydrogens is 218 g/mol. The predicted octanol–water partition coefficient (Wildman–Crippen LogP) is 1.84. The molecule has 0 saturated heterocycles. The first-order valence-electron chi connectivity index (χ1n) is 5.67. The lowest BCUT2D eigenvalue weighted by Gasteiger charge is -2.15. The summed E-state index contributed by atoms with van der Waals surface area (Å²) >= 11 is 0. The molecular formula is C13H19NO3. The van der Waals surface area contributed by atoms with Crippen LogP contribution < -0.4 is 9.47 Å². The average Bonchev–Trinajstić information content (AvgIpc) is 2.30. The summed E-state index contributed by atoms with van der Waals surface area (Å²) in [5, 5.41) is 0. The summed E-state index contributed by atoms with van der Waals surface area (Å²) in [6.07, 6.45) is 0.785. The topological polar surface area (TPSA) is 38.8 Å². The van der Waals surface area contributed by atoms with E-state index in [4.69, 9.17) is 9.47 Å². The molecule has 0 spiro atoms. The fourth-order valence-electron chi connectivity index (χ4n) is 1.38. The zero-order valence-electron chi connectivity index (χ0n) is 10.6. The van der Waals surface area contributed by atoms with E-state index in [0.717, 1.165) is 12.8 Å². The number of benzene rings is 1. The highest BCUT2D eigenvalue weighted by Crippen LogP contribution is 2.30. The van der Waals surface area contributed by atoms with Crippen LogP contribution in [0.4, 0.5) is 0 Å². The molecule has 1 aromatic rings. The fourth-order valence-corrected chi connectivity index (χ4v) is 1.38. The number of ether oxygens (including phenoxy) is 2. The summed E-state index contributed by atoms with van der Waals surface area (Å²) in [7, 11) is 3.94. The molecule has 4 nitrogen and oxygen atoms in total. The minimum absolute atomic E-state index is 0.523. The van der Waals surface area contributed by atoms with E-state index in [1.807, 2.05) is 32.0 Å². The maximum absolute atomic E-state index is 10.9. The Balaban J connectivity index is 2.81. The Labute approximate surface area is 102 Å². The van der Waals surface area contributed by atoms with Crippen molar-refractivity contribution >= 4 is 6.29 Å². The maximum Gasteiger partial charge on any atom is 0.171 e. The van der Waals surface area contributed by atoms with Gasteiger partial charge in [-0.2, -0.15) is 0 Å². The minimum Gasteiger partial charge on any atom is -0.490 e. The van der Waals surface area contributed by atoms with Crippen LogP contribution in [0.3, 0.4) is 0 Å². The van der Waals surface area contributed by atoms with Crippen molar-refractivity contribution in [1.82, 2.24) is 4.90 Å². The molecule has 0 aliphatic rings. The molecule has 17 heavy (non-hydrogen) atoms. The van der Waals surface area contributed by atoms with Crippen molar-refractivity contribution < 1.29 is 14.3 Å². The van der Waals surface area contributed by atoms with Gasteiger partial charge in [0, 0.05) is 6.54 Å². The third kappa shape index (κ3) is 4.07. The zero-order valence-corrected chi connectivity index (χ0v) is 10.6. The van der Waals surface area contributed by atoms with Gasteiger partial charge in [0.25, 0.3) is 0 Å². The van der Waals surface area contributed by atoms with Gasteiger partial charge in [-0.3, -0.25) is 4.79 Å². The van der Waals surface area contributed by atoms with E-state index in [-0.39, 0.29) is 0 Å². The van der Waals surface area contributed by atoms with E-state index in [9.17, 15) is 4.79 Å². The van der Waals surface area contributed by atoms with Crippen LogP contribution in [0.1, 0.15) is 17.3 Å². The van der Waals surface area contributed by atoms with Gasteiger partial charge in [0.1, 0.15) is 6.61 Å². The molecule has 0 aliphatic carbocycles. The Morgan fingerprint density at radius 3 is 2.65 bits per heavy atom. The molecule has 0 heterocycles. The van der Waals surface area contributed by atoms with Crippen LogP contribution in [0.15, 0.2) is 18.2 Å². The Kier molecular flexibility index (Phi) is 5.49. The summed E-state index contributed by atoms with van der Waals surface area (Å²) in [5.41, 5.74) is 0.523. The van der Waals surface area contributed by atoms with E-state index < -0.39 is 0 Å². The van der Waals surface area contributed by atoms with Crippen molar-refractivity contribution in [2.75, 3.05) is 33.9 Å². The Morgan fingerprint density at radius 2 is 2.06 bits per heavy atom. The lowest BCUT2D eigenvalue weighted by Crippen LogP contribution is -2.20. The number of hydrogen-bond donors (Lipinski definition) is 0. The van der Waals surface area contributed by atoms with Gasteiger partial charge in [-0.1, -0.05) is 6.07 Å². The number of likely N-dealkylation sites (N-methyl/N-ethyl adjacent to an activating group) is 1. The van der Waals surface area contributed by atoms with Crippen molar-refractivity contribution in [3.8, 4) is 11.5 Å². The Hall–Kier alpha value is -1.55. The second-order valence-corrected chi connectivity index (χ2v) is 3.88. The maximum atomic E-state index is 10.9. The minimum atomic E-state index is 0.523. The van der Waals surface area contributed by atoms with Crippen LogP contribution in [0.25, 0.3) is 0 Å². The lowest BCUT2D eigenvalue weighted by atomic mass is 10.2. The summed E-state index contributed by atoms with van der Waals surface area (Å²) in [4.78, 5) is 13.0. The number of rotatable bonds is 7. The fraction of sp³-hybridized carbons (Fsp3) is 0.462. The first-order chi connectivity index (χ1) is 8.19. The van der Waals surface area contributed by atoms with Crippen LogP contribution in [-0.2, 0) is 0 Å². The highest BCUT2D eigenvalue weighted by molar-refractivity contribution is 5.81. The van der Waals surface area contributed by atoms with Crippen LogP contribution in [0, 0.1) is 0 Å². The number of hydrogen-bond acceptors (Lipinski definition) is 4. The van der Waals surface area contributed by atoms with Gasteiger partial charge in [-0.15, -0.1) is 0 Å². The molecule has 0 aliphatic heterocycles. The Bertz CT molecular complexity index is 364. The van der Waals surface area contributed by atoms with Crippen molar-refractivity contribution in [3.63, 3.8) is 0 Å². The molecule has 0 N–H and O–H groups in total. The largest absolute Gasteiger partial charge is 0.490 e. The molecule has 0 saturated carbocycles. The van der Waals surface area contributed by atoms with Crippen LogP contribution >= 0.6 is 0 Å². The van der Waals surface area contributed by atoms with Crippen molar-refractivity contribution in [1.29, 1.82) is 0 Å². The third-order valence-corrected chi connectivity index (χ3v) is 2.22. The van der Waals surface area contributed by atoms with Gasteiger partial charge in [0.05, 0.1) is 12.2 Å². The smallest absolute Gasteiger partial charge is 0.171 e. The average molecular weight is 237 g/mol. The van der Waals surface area contributed by atoms with E-state index >= 15 is 0 Å². The molecule has 0 fully saturated rings. The molecule has 94 valence electrons. The van der Waals surface area contributed by atoms with Crippen LogP contribution in [0.2, 0.25) is 0 Å². The SMILES string of the molecule is CCOc1cccc(C=O)c1OCCN(C)C. The van der Waals surface area contributed by atoms with Gasteiger partial charge in [-0.25, -0.2) is 0 Å². The molecule has 1 aromatic carbocycles. The van der Waals surface area contributed by atoms with E-state index in [1.165, 1.54) is 0 Å². The van der Waals surface area contributed by atoms with E-state index in [0.29, 0.717) is 30.3 Å². The number of para-hydroxylation sites is 1. The number of aldehydes is 1. The Morgan fingerprint density at radius 1 is 1.29 bits per heavy atom. The van der Waals surface area contributed by atoms with Crippen LogP contribution in [-0.4, -0.2) is 45.0 Å². The number of carbonyl (C=O) groups excluding carboxylic acids is 1. The van der Waals surface area contributed by atoms with Crippen molar-refractivity contribution in [2.45, 2.75) is 6.92 Å². The highest BCUT2D eigenvalue weighted by atomic mass is 16.5. The highest BCUT2D eigenvalue weighted by Gasteiger charge is 2.10. The third-order valence-electron chi connectivity index (χ3n) is 2.22. The molecule has 0 atom stereocenters. The second-order valence-electron chi connectivity index (χ2n) is 3.88. The molecule has 0 amide bonds. The summed E-state index contributed by atoms with van der Waals surface area (Å²) < 4.78 is 11.1. The van der Waals surface area contributed by atoms with Crippen LogP contribution in [0.5, 0.6) is 11.5 Å². The molecule has 0 bridgehead atoms. The van der Waals surface area contributed by atoms with Gasteiger partial charge in [-0.05, 0) is 33.2 Å². The van der Waals surface area contributed by atoms with Crippen molar-refractivity contribution in [3.05, 3.63) is 23.8 Å². The molecule has 0 aromatic heterocycles. The quantitative estimate of drug-likeness (QED) is 0.678. The number of carbonyl (C=O) groups is 1. The zero-order chi connectivity index (χ0) is 12.7. The van der Waals surface area contributed by atoms with Gasteiger partial charge in [0.2, 0.25) is 0 Å². The van der Waals surface area contributed by atoms with E-state index in [1.54, 1.807) is 12.1 Å². The van der Waals surface area contributed by atoms with Gasteiger partial charge in [0.15, 0.2) is 17.8 Å². The molecule has 0 unspecified atom stereocenters. The summed E-state index contributed by atoms with van der Waals surface area (Å²) in [6.45, 7) is 3.76. The summed E-state index contributed by atoms with van der Waals surface area (Å²) in [5.74, 6) is 1.15. The normalized spacial score (nSPS) is 10.4. The first kappa shape index (κ1) is 13.5. The molecule has 4 heteroatoms. The number of nitrogens with zero attached hydrogens (tertiary/aromatic N) is 1. The summed E-state index contributed by atoms with van der Waals surface area (Å²) in [6, 6.07) is 5.32. The molecule has 0 radical (unpaired) electrons. The first-order valence-corrected chi connectivity index (χ1v) is 5.67. The van der Waals surface area contributed by atoms with Crippen molar-refractivity contribution in [2.24, 2.45) is 0 Å². The predicted molar refractivity (Wildman–Crippen MR) is 67.0 cm³/mol. The van der Waals surface area contributed by atoms with Gasteiger partial charge < -0.3 is 14.4 Å². The van der Waals surface area contributed by atoms with E-state index in [2.05, 4.69) is 0 Å². The second kappa shape index (κ2) is 6.91. The molecule has 1 rings (SSSR count). The standard InChI is InChI=1S/C13H19NO3/c1-4-16-12-7-5-6-11(10-15)13(12)17-9-8-14(2)3/h5-7,10H,4,8-9H2,1-3H3.